The molecule has 3 saturated heterocycles. The number of anilines is 1. The van der Waals surface area contributed by atoms with Gasteiger partial charge in [0.1, 0.15) is 0 Å². The van der Waals surface area contributed by atoms with Gasteiger partial charge in [0, 0.05) is 77.9 Å². The minimum atomic E-state index is 0.0895. The summed E-state index contributed by atoms with van der Waals surface area (Å²) in [6.45, 7) is 10.4. The number of carbonyl (C=O) groups excluding carboxylic acids is 1. The highest BCUT2D eigenvalue weighted by Crippen LogP contribution is 2.12. The normalized spacial score (nSPS) is 25.0. The van der Waals surface area contributed by atoms with Crippen LogP contribution in [0.2, 0.25) is 0 Å². The van der Waals surface area contributed by atoms with Gasteiger partial charge in [-0.2, -0.15) is 0 Å². The van der Waals surface area contributed by atoms with E-state index in [1.165, 1.54) is 0 Å². The lowest BCUT2D eigenvalue weighted by Crippen LogP contribution is -2.51. The quantitative estimate of drug-likeness (QED) is 0.653. The zero-order chi connectivity index (χ0) is 19.9. The Morgan fingerprint density at radius 2 is 1.72 bits per heavy atom. The predicted molar refractivity (Wildman–Crippen MR) is 109 cm³/mol. The number of morpholine rings is 1. The SMILES string of the molecule is O=C(CN1CCN(c2ncccn2)CC1)N1CCCO[C@H](CN2CCOCC2)C1. The van der Waals surface area contributed by atoms with E-state index in [0.29, 0.717) is 13.1 Å². The fourth-order valence-corrected chi connectivity index (χ4v) is 4.16. The number of amides is 1. The Bertz CT molecular complexity index is 634. The van der Waals surface area contributed by atoms with Crippen molar-refractivity contribution in [2.45, 2.75) is 12.5 Å². The van der Waals surface area contributed by atoms with E-state index in [1.54, 1.807) is 12.4 Å². The van der Waals surface area contributed by atoms with E-state index in [2.05, 4.69) is 24.7 Å². The van der Waals surface area contributed by atoms with Crippen molar-refractivity contribution < 1.29 is 14.3 Å². The summed E-state index contributed by atoms with van der Waals surface area (Å²) in [5.74, 6) is 0.987. The van der Waals surface area contributed by atoms with Crippen LogP contribution in [0.15, 0.2) is 18.5 Å². The van der Waals surface area contributed by atoms with Gasteiger partial charge < -0.3 is 19.3 Å². The minimum Gasteiger partial charge on any atom is -0.379 e. The van der Waals surface area contributed by atoms with Crippen LogP contribution in [0.3, 0.4) is 0 Å². The summed E-state index contributed by atoms with van der Waals surface area (Å²) in [6.07, 6.45) is 4.54. The van der Waals surface area contributed by atoms with Crippen LogP contribution >= 0.6 is 0 Å². The molecule has 1 aromatic rings. The molecule has 3 aliphatic rings. The van der Waals surface area contributed by atoms with Gasteiger partial charge in [0.15, 0.2) is 0 Å². The maximum absolute atomic E-state index is 13.0. The van der Waals surface area contributed by atoms with Crippen LogP contribution in [0.4, 0.5) is 5.95 Å². The van der Waals surface area contributed by atoms with E-state index in [1.807, 2.05) is 11.0 Å². The molecule has 0 bridgehead atoms. The molecule has 0 radical (unpaired) electrons. The molecule has 0 aliphatic carbocycles. The molecule has 1 atom stereocenters. The van der Waals surface area contributed by atoms with Gasteiger partial charge >= 0.3 is 0 Å². The molecular weight excluding hydrogens is 372 g/mol. The Morgan fingerprint density at radius 1 is 0.966 bits per heavy atom. The summed E-state index contributed by atoms with van der Waals surface area (Å²) in [7, 11) is 0. The Hall–Kier alpha value is -1.81. The van der Waals surface area contributed by atoms with E-state index in [-0.39, 0.29) is 12.0 Å². The molecule has 3 fully saturated rings. The summed E-state index contributed by atoms with van der Waals surface area (Å²) in [6, 6.07) is 1.83. The van der Waals surface area contributed by atoms with Crippen LogP contribution in [-0.4, -0.2) is 122 Å². The molecule has 0 saturated carbocycles. The zero-order valence-electron chi connectivity index (χ0n) is 17.1. The lowest BCUT2D eigenvalue weighted by atomic mass is 10.2. The fourth-order valence-electron chi connectivity index (χ4n) is 4.16. The number of rotatable bonds is 5. The molecule has 9 nitrogen and oxygen atoms in total. The molecule has 0 N–H and O–H groups in total. The first-order chi connectivity index (χ1) is 14.3. The Morgan fingerprint density at radius 3 is 2.48 bits per heavy atom. The molecule has 3 aliphatic heterocycles. The second-order valence-electron chi connectivity index (χ2n) is 7.91. The van der Waals surface area contributed by atoms with Crippen molar-refractivity contribution in [3.8, 4) is 0 Å². The topological polar surface area (TPSA) is 74.3 Å². The summed E-state index contributed by atoms with van der Waals surface area (Å²) in [5.41, 5.74) is 0. The number of hydrogen-bond donors (Lipinski definition) is 0. The van der Waals surface area contributed by atoms with Gasteiger partial charge in [-0.1, -0.05) is 0 Å². The number of nitrogens with zero attached hydrogens (tertiary/aromatic N) is 6. The van der Waals surface area contributed by atoms with E-state index in [0.717, 1.165) is 84.5 Å². The van der Waals surface area contributed by atoms with Crippen molar-refractivity contribution in [1.29, 1.82) is 0 Å². The zero-order valence-corrected chi connectivity index (χ0v) is 17.1. The summed E-state index contributed by atoms with van der Waals surface area (Å²) in [5, 5.41) is 0. The Balaban J connectivity index is 1.24. The second kappa shape index (κ2) is 10.3. The molecule has 29 heavy (non-hydrogen) atoms. The highest BCUT2D eigenvalue weighted by Gasteiger charge is 2.27. The van der Waals surface area contributed by atoms with Crippen molar-refractivity contribution in [3.63, 3.8) is 0 Å². The van der Waals surface area contributed by atoms with Crippen LogP contribution in [0.1, 0.15) is 6.42 Å². The summed E-state index contributed by atoms with van der Waals surface area (Å²) in [4.78, 5) is 30.4. The molecule has 1 amide bonds. The van der Waals surface area contributed by atoms with Gasteiger partial charge in [0.05, 0.1) is 25.9 Å². The van der Waals surface area contributed by atoms with Gasteiger partial charge in [-0.15, -0.1) is 0 Å². The molecule has 1 aromatic heterocycles. The summed E-state index contributed by atoms with van der Waals surface area (Å²) >= 11 is 0. The van der Waals surface area contributed by atoms with Crippen molar-refractivity contribution >= 4 is 11.9 Å². The third kappa shape index (κ3) is 5.85. The van der Waals surface area contributed by atoms with Crippen LogP contribution in [-0.2, 0) is 14.3 Å². The summed E-state index contributed by atoms with van der Waals surface area (Å²) < 4.78 is 11.5. The van der Waals surface area contributed by atoms with Crippen LogP contribution in [0, 0.1) is 0 Å². The van der Waals surface area contributed by atoms with Crippen LogP contribution < -0.4 is 4.90 Å². The standard InChI is InChI=1S/C20H32N6O3/c27-19(17-23-6-8-25(9-7-23)20-21-3-1-4-22-20)26-5-2-12-29-18(16-26)15-24-10-13-28-14-11-24/h1,3-4,18H,2,5-17H2/t18-/m1/s1. The molecule has 160 valence electrons. The van der Waals surface area contributed by atoms with Gasteiger partial charge in [-0.25, -0.2) is 9.97 Å². The van der Waals surface area contributed by atoms with Crippen molar-refractivity contribution in [3.05, 3.63) is 18.5 Å². The van der Waals surface area contributed by atoms with Crippen LogP contribution in [0.25, 0.3) is 0 Å². The van der Waals surface area contributed by atoms with E-state index >= 15 is 0 Å². The van der Waals surface area contributed by atoms with Crippen molar-refractivity contribution in [2.75, 3.05) is 90.2 Å². The molecule has 9 heteroatoms. The lowest BCUT2D eigenvalue weighted by Gasteiger charge is -2.35. The first-order valence-electron chi connectivity index (χ1n) is 10.7. The number of piperazine rings is 1. The number of ether oxygens (including phenoxy) is 2. The Labute approximate surface area is 172 Å². The van der Waals surface area contributed by atoms with E-state index in [9.17, 15) is 4.79 Å². The second-order valence-corrected chi connectivity index (χ2v) is 7.91. The molecule has 0 unspecified atom stereocenters. The third-order valence-electron chi connectivity index (χ3n) is 5.83. The van der Waals surface area contributed by atoms with E-state index < -0.39 is 0 Å². The van der Waals surface area contributed by atoms with E-state index in [4.69, 9.17) is 9.47 Å². The van der Waals surface area contributed by atoms with Gasteiger partial charge in [0.25, 0.3) is 0 Å². The fraction of sp³-hybridized carbons (Fsp3) is 0.750. The van der Waals surface area contributed by atoms with Gasteiger partial charge in [-0.3, -0.25) is 14.6 Å². The minimum absolute atomic E-state index is 0.0895. The third-order valence-corrected chi connectivity index (χ3v) is 5.83. The highest BCUT2D eigenvalue weighted by atomic mass is 16.5. The molecule has 0 aromatic carbocycles. The monoisotopic (exact) mass is 404 g/mol. The predicted octanol–water partition coefficient (Wildman–Crippen LogP) is -0.452. The lowest BCUT2D eigenvalue weighted by molar-refractivity contribution is -0.133. The molecule has 4 rings (SSSR count). The highest BCUT2D eigenvalue weighted by molar-refractivity contribution is 5.78. The average molecular weight is 405 g/mol. The smallest absolute Gasteiger partial charge is 0.236 e. The molecule has 4 heterocycles. The maximum Gasteiger partial charge on any atom is 0.236 e. The average Bonchev–Trinajstić information content (AvgIpc) is 3.01. The number of carbonyl (C=O) groups is 1. The first kappa shape index (κ1) is 20.5. The van der Waals surface area contributed by atoms with Crippen LogP contribution in [0.5, 0.6) is 0 Å². The molecule has 0 spiro atoms. The number of hydrogen-bond acceptors (Lipinski definition) is 8. The van der Waals surface area contributed by atoms with Crippen molar-refractivity contribution in [1.82, 2.24) is 24.7 Å². The largest absolute Gasteiger partial charge is 0.379 e. The maximum atomic E-state index is 13.0. The number of aromatic nitrogens is 2. The molecular formula is C20H32N6O3. The first-order valence-corrected chi connectivity index (χ1v) is 10.7. The van der Waals surface area contributed by atoms with Gasteiger partial charge in [-0.05, 0) is 12.5 Å². The Kier molecular flexibility index (Phi) is 7.26. The van der Waals surface area contributed by atoms with Crippen molar-refractivity contribution in [2.24, 2.45) is 0 Å². The van der Waals surface area contributed by atoms with Gasteiger partial charge in [0.2, 0.25) is 11.9 Å².